The lowest BCUT2D eigenvalue weighted by Gasteiger charge is -2.51. The molecule has 1 aliphatic rings. The average Bonchev–Trinajstić information content (AvgIpc) is 2.58. The minimum atomic E-state index is -1.26. The highest BCUT2D eigenvalue weighted by Gasteiger charge is 2.53. The van der Waals surface area contributed by atoms with E-state index < -0.39 is 34.6 Å². The van der Waals surface area contributed by atoms with Crippen LogP contribution in [-0.2, 0) is 9.59 Å². The number of hydrogen-bond acceptors (Lipinski definition) is 4. The molecule has 0 aliphatic heterocycles. The van der Waals surface area contributed by atoms with Crippen LogP contribution >= 0.6 is 0 Å². The molecule has 0 unspecified atom stereocenters. The van der Waals surface area contributed by atoms with Crippen molar-refractivity contribution in [2.75, 3.05) is 0 Å². The van der Waals surface area contributed by atoms with Gasteiger partial charge < -0.3 is 20.8 Å². The summed E-state index contributed by atoms with van der Waals surface area (Å²) >= 11 is 0. The highest BCUT2D eigenvalue weighted by molar-refractivity contribution is 6.04. The summed E-state index contributed by atoms with van der Waals surface area (Å²) in [5.74, 6) is -0.478. The fraction of sp³-hybridized carbons (Fsp3) is 0.917. The van der Waals surface area contributed by atoms with Gasteiger partial charge >= 0.3 is 0 Å². The van der Waals surface area contributed by atoms with Gasteiger partial charge in [-0.25, -0.2) is 0 Å². The van der Waals surface area contributed by atoms with Crippen LogP contribution in [0.2, 0.25) is 0 Å². The zero-order chi connectivity index (χ0) is 23.5. The van der Waals surface area contributed by atoms with Gasteiger partial charge in [0.05, 0.1) is 23.3 Å². The van der Waals surface area contributed by atoms with Crippen LogP contribution in [0.1, 0.15) is 100 Å². The molecule has 4 N–H and O–H groups in total. The van der Waals surface area contributed by atoms with Crippen LogP contribution in [0.15, 0.2) is 0 Å². The molecule has 1 aliphatic carbocycles. The molecule has 1 rings (SSSR count). The largest absolute Gasteiger partial charge is 0.388 e. The molecule has 1 fully saturated rings. The Morgan fingerprint density at radius 1 is 0.867 bits per heavy atom. The molecule has 6 heteroatoms. The lowest BCUT2D eigenvalue weighted by atomic mass is 9.70. The first kappa shape index (κ1) is 26.9. The zero-order valence-corrected chi connectivity index (χ0v) is 20.5. The Hall–Kier alpha value is -1.14. The minimum absolute atomic E-state index is 0.217. The first-order valence-corrected chi connectivity index (χ1v) is 11.6. The maximum absolute atomic E-state index is 14.2. The number of hydrogen-bond donors (Lipinski definition) is 3. The number of nitrogens with zero attached hydrogens (tertiary/aromatic N) is 1. The molecule has 0 aromatic rings. The summed E-state index contributed by atoms with van der Waals surface area (Å²) in [6.07, 6.45) is 4.51. The molecule has 0 aromatic carbocycles. The van der Waals surface area contributed by atoms with Crippen LogP contribution in [0.25, 0.3) is 0 Å². The molecule has 2 atom stereocenters. The number of aliphatic hydroxyl groups is 2. The Bertz CT molecular complexity index is 553. The fourth-order valence-electron chi connectivity index (χ4n) is 4.85. The Balaban J connectivity index is 3.68. The van der Waals surface area contributed by atoms with E-state index >= 15 is 0 Å². The zero-order valence-electron chi connectivity index (χ0n) is 20.5. The maximum Gasteiger partial charge on any atom is 0.238 e. The quantitative estimate of drug-likeness (QED) is 0.464. The molecule has 1 saturated carbocycles. The predicted octanol–water partition coefficient (Wildman–Crippen LogP) is 3.62. The summed E-state index contributed by atoms with van der Waals surface area (Å²) in [6.45, 7) is 15.0. The van der Waals surface area contributed by atoms with Gasteiger partial charge in [-0.05, 0) is 65.2 Å². The Kier molecular flexibility index (Phi) is 8.95. The molecule has 6 nitrogen and oxygen atoms in total. The standard InChI is InChI=1S/C24H46N2O4/c1-16(2)14-18(22(5,6)29)26(19(15-17(3)4)23(7,8)30)21(28)24(20(25)27)12-10-9-11-13-24/h16-19,29-30H,9-15H2,1-8H3,(H2,25,27)/t18-,19-/m1/s1. The van der Waals surface area contributed by atoms with Gasteiger partial charge in [-0.2, -0.15) is 0 Å². The number of rotatable bonds is 10. The number of amides is 2. The summed E-state index contributed by atoms with van der Waals surface area (Å²) in [7, 11) is 0. The summed E-state index contributed by atoms with van der Waals surface area (Å²) in [4.78, 5) is 28.5. The van der Waals surface area contributed by atoms with Crippen molar-refractivity contribution in [3.8, 4) is 0 Å². The van der Waals surface area contributed by atoms with Gasteiger partial charge in [0.25, 0.3) is 0 Å². The van der Waals surface area contributed by atoms with Crippen LogP contribution in [0.5, 0.6) is 0 Å². The van der Waals surface area contributed by atoms with Gasteiger partial charge in [0.1, 0.15) is 5.41 Å². The summed E-state index contributed by atoms with van der Waals surface area (Å²) in [5, 5.41) is 22.2. The number of primary amides is 1. The number of carbonyl (C=O) groups excluding carboxylic acids is 2. The van der Waals surface area contributed by atoms with Crippen molar-refractivity contribution < 1.29 is 19.8 Å². The Morgan fingerprint density at radius 2 is 1.23 bits per heavy atom. The second-order valence-corrected chi connectivity index (χ2v) is 11.3. The van der Waals surface area contributed by atoms with Crippen molar-refractivity contribution in [1.82, 2.24) is 4.90 Å². The summed E-state index contributed by atoms with van der Waals surface area (Å²) < 4.78 is 0. The molecule has 0 aromatic heterocycles. The number of carbonyl (C=O) groups is 2. The minimum Gasteiger partial charge on any atom is -0.388 e. The summed E-state index contributed by atoms with van der Waals surface area (Å²) in [6, 6.07) is -1.09. The third kappa shape index (κ3) is 6.43. The highest BCUT2D eigenvalue weighted by atomic mass is 16.3. The third-order valence-electron chi connectivity index (χ3n) is 6.51. The molecule has 176 valence electrons. The SMILES string of the molecule is CC(C)C[C@@H](N(C(=O)C1(C(N)=O)CCCCC1)[C@H](CC(C)C)C(C)(C)O)C(C)(C)O. The molecule has 0 radical (unpaired) electrons. The van der Waals surface area contributed by atoms with Crippen molar-refractivity contribution in [3.05, 3.63) is 0 Å². The number of nitrogens with two attached hydrogens (primary N) is 1. The molecule has 2 amide bonds. The molecular formula is C24H46N2O4. The molecule has 30 heavy (non-hydrogen) atoms. The van der Waals surface area contributed by atoms with Gasteiger partial charge in [0.15, 0.2) is 0 Å². The smallest absolute Gasteiger partial charge is 0.238 e. The van der Waals surface area contributed by atoms with Crippen LogP contribution in [0.3, 0.4) is 0 Å². The first-order chi connectivity index (χ1) is 13.5. The Labute approximate surface area is 183 Å². The third-order valence-corrected chi connectivity index (χ3v) is 6.51. The van der Waals surface area contributed by atoms with Crippen molar-refractivity contribution in [2.24, 2.45) is 23.0 Å². The molecule has 0 bridgehead atoms. The van der Waals surface area contributed by atoms with E-state index in [9.17, 15) is 19.8 Å². The van der Waals surface area contributed by atoms with E-state index in [0.717, 1.165) is 19.3 Å². The predicted molar refractivity (Wildman–Crippen MR) is 121 cm³/mol. The van der Waals surface area contributed by atoms with E-state index in [1.54, 1.807) is 32.6 Å². The molecule has 0 heterocycles. The lowest BCUT2D eigenvalue weighted by molar-refractivity contribution is -0.170. The van der Waals surface area contributed by atoms with Crippen LogP contribution in [0.4, 0.5) is 0 Å². The van der Waals surface area contributed by atoms with Gasteiger partial charge in [0, 0.05) is 0 Å². The van der Waals surface area contributed by atoms with Crippen molar-refractivity contribution >= 4 is 11.8 Å². The van der Waals surface area contributed by atoms with Crippen molar-refractivity contribution in [3.63, 3.8) is 0 Å². The van der Waals surface area contributed by atoms with Crippen LogP contribution in [0, 0.1) is 17.3 Å². The molecular weight excluding hydrogens is 380 g/mol. The summed E-state index contributed by atoms with van der Waals surface area (Å²) in [5.41, 5.74) is 2.18. The van der Waals surface area contributed by atoms with E-state index in [2.05, 4.69) is 0 Å². The normalized spacial score (nSPS) is 19.6. The van der Waals surface area contributed by atoms with Crippen LogP contribution in [-0.4, -0.2) is 50.2 Å². The second kappa shape index (κ2) is 9.99. The Morgan fingerprint density at radius 3 is 1.50 bits per heavy atom. The van der Waals surface area contributed by atoms with Gasteiger partial charge in [0.2, 0.25) is 11.8 Å². The van der Waals surface area contributed by atoms with Crippen molar-refractivity contribution in [1.29, 1.82) is 0 Å². The fourth-order valence-corrected chi connectivity index (χ4v) is 4.85. The first-order valence-electron chi connectivity index (χ1n) is 11.6. The average molecular weight is 427 g/mol. The van der Waals surface area contributed by atoms with E-state index in [4.69, 9.17) is 5.73 Å². The van der Waals surface area contributed by atoms with Crippen molar-refractivity contribution in [2.45, 2.75) is 124 Å². The van der Waals surface area contributed by atoms with E-state index in [0.29, 0.717) is 25.7 Å². The van der Waals surface area contributed by atoms with Gasteiger partial charge in [-0.3, -0.25) is 9.59 Å². The van der Waals surface area contributed by atoms with Gasteiger partial charge in [-0.15, -0.1) is 0 Å². The van der Waals surface area contributed by atoms with E-state index in [-0.39, 0.29) is 17.7 Å². The van der Waals surface area contributed by atoms with Gasteiger partial charge in [-0.1, -0.05) is 47.0 Å². The second-order valence-electron chi connectivity index (χ2n) is 11.3. The van der Waals surface area contributed by atoms with E-state index in [1.165, 1.54) is 0 Å². The van der Waals surface area contributed by atoms with Crippen LogP contribution < -0.4 is 5.73 Å². The lowest BCUT2D eigenvalue weighted by Crippen LogP contribution is -2.66. The van der Waals surface area contributed by atoms with E-state index in [1.807, 2.05) is 27.7 Å². The maximum atomic E-state index is 14.2. The topological polar surface area (TPSA) is 104 Å². The molecule has 0 saturated heterocycles. The monoisotopic (exact) mass is 426 g/mol. The molecule has 0 spiro atoms. The highest BCUT2D eigenvalue weighted by Crippen LogP contribution is 2.42.